The highest BCUT2D eigenvalue weighted by Crippen LogP contribution is 2.36. The number of carbonyl (C=O) groups is 1. The van der Waals surface area contributed by atoms with Crippen LogP contribution in [0.2, 0.25) is 0 Å². The quantitative estimate of drug-likeness (QED) is 0.756. The second-order valence-corrected chi connectivity index (χ2v) is 5.26. The Morgan fingerprint density at radius 3 is 2.21 bits per heavy atom. The highest BCUT2D eigenvalue weighted by molar-refractivity contribution is 5.69. The number of carboxylic acids is 1. The zero-order valence-electron chi connectivity index (χ0n) is 9.49. The van der Waals surface area contributed by atoms with Crippen LogP contribution < -0.4 is 0 Å². The molecule has 1 N–H and O–H groups in total. The molecule has 2 nitrogen and oxygen atoms in total. The summed E-state index contributed by atoms with van der Waals surface area (Å²) < 4.78 is 0. The average molecular weight is 198 g/mol. The first-order chi connectivity index (χ1) is 6.49. The molecule has 0 bridgehead atoms. The summed E-state index contributed by atoms with van der Waals surface area (Å²) in [6, 6.07) is 0. The molecule has 1 aliphatic rings. The Balaban J connectivity index is 2.40. The molecule has 3 atom stereocenters. The van der Waals surface area contributed by atoms with Gasteiger partial charge in [0.15, 0.2) is 0 Å². The summed E-state index contributed by atoms with van der Waals surface area (Å²) in [7, 11) is 0. The SMILES string of the molecule is CC1CC(C)CC(CC(C)C(=O)O)C1. The first-order valence-corrected chi connectivity index (χ1v) is 5.71. The van der Waals surface area contributed by atoms with Crippen LogP contribution in [0.1, 0.15) is 46.5 Å². The first-order valence-electron chi connectivity index (χ1n) is 5.71. The van der Waals surface area contributed by atoms with Crippen molar-refractivity contribution in [2.45, 2.75) is 46.5 Å². The van der Waals surface area contributed by atoms with Gasteiger partial charge in [0.25, 0.3) is 0 Å². The maximum Gasteiger partial charge on any atom is 0.306 e. The van der Waals surface area contributed by atoms with E-state index < -0.39 is 5.97 Å². The Kier molecular flexibility index (Phi) is 3.97. The van der Waals surface area contributed by atoms with E-state index in [2.05, 4.69) is 13.8 Å². The van der Waals surface area contributed by atoms with Crippen LogP contribution in [0.5, 0.6) is 0 Å². The summed E-state index contributed by atoms with van der Waals surface area (Å²) in [6.07, 6.45) is 4.63. The molecule has 1 aliphatic carbocycles. The van der Waals surface area contributed by atoms with Gasteiger partial charge in [0.2, 0.25) is 0 Å². The smallest absolute Gasteiger partial charge is 0.306 e. The summed E-state index contributed by atoms with van der Waals surface area (Å²) in [5, 5.41) is 8.84. The van der Waals surface area contributed by atoms with Crippen LogP contribution in [0.4, 0.5) is 0 Å². The molecule has 0 amide bonds. The molecule has 0 aromatic heterocycles. The number of aliphatic carboxylic acids is 1. The van der Waals surface area contributed by atoms with Crippen molar-refractivity contribution in [2.24, 2.45) is 23.7 Å². The van der Waals surface area contributed by atoms with Crippen molar-refractivity contribution >= 4 is 5.97 Å². The van der Waals surface area contributed by atoms with E-state index in [1.807, 2.05) is 6.92 Å². The van der Waals surface area contributed by atoms with Gasteiger partial charge < -0.3 is 5.11 Å². The van der Waals surface area contributed by atoms with E-state index in [0.717, 1.165) is 18.3 Å². The third kappa shape index (κ3) is 3.32. The molecule has 0 spiro atoms. The Morgan fingerprint density at radius 1 is 1.29 bits per heavy atom. The maximum absolute atomic E-state index is 10.7. The molecule has 1 fully saturated rings. The van der Waals surface area contributed by atoms with Crippen LogP contribution in [-0.2, 0) is 4.79 Å². The van der Waals surface area contributed by atoms with E-state index in [4.69, 9.17) is 5.11 Å². The van der Waals surface area contributed by atoms with Gasteiger partial charge in [-0.1, -0.05) is 20.8 Å². The fourth-order valence-electron chi connectivity index (χ4n) is 2.91. The Hall–Kier alpha value is -0.530. The molecule has 0 saturated heterocycles. The molecule has 0 heterocycles. The zero-order valence-corrected chi connectivity index (χ0v) is 9.49. The summed E-state index contributed by atoms with van der Waals surface area (Å²) in [6.45, 7) is 6.40. The molecule has 0 radical (unpaired) electrons. The number of hydrogen-bond acceptors (Lipinski definition) is 1. The molecule has 14 heavy (non-hydrogen) atoms. The highest BCUT2D eigenvalue weighted by atomic mass is 16.4. The van der Waals surface area contributed by atoms with Gasteiger partial charge in [-0.2, -0.15) is 0 Å². The predicted octanol–water partition coefficient (Wildman–Crippen LogP) is 3.17. The Morgan fingerprint density at radius 2 is 1.79 bits per heavy atom. The Labute approximate surface area is 86.7 Å². The minimum atomic E-state index is -0.643. The third-order valence-corrected chi connectivity index (χ3v) is 3.38. The summed E-state index contributed by atoms with van der Waals surface area (Å²) in [5.41, 5.74) is 0. The minimum absolute atomic E-state index is 0.169. The summed E-state index contributed by atoms with van der Waals surface area (Å²) >= 11 is 0. The van der Waals surface area contributed by atoms with E-state index in [1.54, 1.807) is 0 Å². The molecular weight excluding hydrogens is 176 g/mol. The molecule has 0 aliphatic heterocycles. The van der Waals surface area contributed by atoms with Gasteiger partial charge in [-0.3, -0.25) is 4.79 Å². The van der Waals surface area contributed by atoms with Crippen molar-refractivity contribution in [1.29, 1.82) is 0 Å². The molecule has 0 aromatic carbocycles. The lowest BCUT2D eigenvalue weighted by molar-refractivity contribution is -0.141. The van der Waals surface area contributed by atoms with Gasteiger partial charge in [-0.15, -0.1) is 0 Å². The molecule has 3 unspecified atom stereocenters. The zero-order chi connectivity index (χ0) is 10.7. The van der Waals surface area contributed by atoms with Crippen LogP contribution >= 0.6 is 0 Å². The number of rotatable bonds is 3. The number of hydrogen-bond donors (Lipinski definition) is 1. The topological polar surface area (TPSA) is 37.3 Å². The van der Waals surface area contributed by atoms with Gasteiger partial charge in [0, 0.05) is 0 Å². The van der Waals surface area contributed by atoms with Crippen LogP contribution in [0.3, 0.4) is 0 Å². The van der Waals surface area contributed by atoms with Gasteiger partial charge in [-0.25, -0.2) is 0 Å². The minimum Gasteiger partial charge on any atom is -0.481 e. The second-order valence-electron chi connectivity index (χ2n) is 5.26. The average Bonchev–Trinajstić information content (AvgIpc) is 2.01. The molecule has 82 valence electrons. The van der Waals surface area contributed by atoms with E-state index in [9.17, 15) is 4.79 Å². The summed E-state index contributed by atoms with van der Waals surface area (Å²) in [5.74, 6) is 1.39. The Bertz CT molecular complexity index is 190. The van der Waals surface area contributed by atoms with Crippen LogP contribution in [0.15, 0.2) is 0 Å². The normalized spacial score (nSPS) is 35.2. The molecule has 1 rings (SSSR count). The van der Waals surface area contributed by atoms with Crippen molar-refractivity contribution in [1.82, 2.24) is 0 Å². The lowest BCUT2D eigenvalue weighted by Crippen LogP contribution is -2.23. The van der Waals surface area contributed by atoms with Gasteiger partial charge in [-0.05, 0) is 43.4 Å². The standard InChI is InChI=1S/C12H22O2/c1-8-4-9(2)6-11(5-8)7-10(3)12(13)14/h8-11H,4-7H2,1-3H3,(H,13,14). The van der Waals surface area contributed by atoms with E-state index >= 15 is 0 Å². The number of carboxylic acid groups (broad SMARTS) is 1. The fourth-order valence-corrected chi connectivity index (χ4v) is 2.91. The van der Waals surface area contributed by atoms with Gasteiger partial charge >= 0.3 is 5.97 Å². The second kappa shape index (κ2) is 4.81. The lowest BCUT2D eigenvalue weighted by atomic mass is 9.74. The molecule has 1 saturated carbocycles. The van der Waals surface area contributed by atoms with Crippen molar-refractivity contribution in [3.8, 4) is 0 Å². The van der Waals surface area contributed by atoms with Crippen LogP contribution in [0.25, 0.3) is 0 Å². The fraction of sp³-hybridized carbons (Fsp3) is 0.917. The third-order valence-electron chi connectivity index (χ3n) is 3.38. The monoisotopic (exact) mass is 198 g/mol. The van der Waals surface area contributed by atoms with Gasteiger partial charge in [0.05, 0.1) is 5.92 Å². The molecule has 2 heteroatoms. The largest absolute Gasteiger partial charge is 0.481 e. The van der Waals surface area contributed by atoms with Crippen molar-refractivity contribution in [3.05, 3.63) is 0 Å². The highest BCUT2D eigenvalue weighted by Gasteiger charge is 2.26. The summed E-state index contributed by atoms with van der Waals surface area (Å²) in [4.78, 5) is 10.7. The van der Waals surface area contributed by atoms with Crippen molar-refractivity contribution in [2.75, 3.05) is 0 Å². The molecular formula is C12H22O2. The van der Waals surface area contributed by atoms with E-state index in [0.29, 0.717) is 5.92 Å². The molecule has 0 aromatic rings. The lowest BCUT2D eigenvalue weighted by Gasteiger charge is -2.32. The maximum atomic E-state index is 10.7. The van der Waals surface area contributed by atoms with Crippen molar-refractivity contribution in [3.63, 3.8) is 0 Å². The van der Waals surface area contributed by atoms with E-state index in [-0.39, 0.29) is 5.92 Å². The van der Waals surface area contributed by atoms with Crippen molar-refractivity contribution < 1.29 is 9.90 Å². The van der Waals surface area contributed by atoms with Gasteiger partial charge in [0.1, 0.15) is 0 Å². The van der Waals surface area contributed by atoms with E-state index in [1.165, 1.54) is 19.3 Å². The first kappa shape index (κ1) is 11.5. The predicted molar refractivity (Wildman–Crippen MR) is 57.1 cm³/mol. The van der Waals surface area contributed by atoms with Crippen LogP contribution in [-0.4, -0.2) is 11.1 Å². The van der Waals surface area contributed by atoms with Crippen LogP contribution in [0, 0.1) is 23.7 Å².